The topological polar surface area (TPSA) is 141 Å². The molecular formula is C26H32N2O10. The van der Waals surface area contributed by atoms with Gasteiger partial charge in [-0.1, -0.05) is 18.2 Å². The van der Waals surface area contributed by atoms with Crippen LogP contribution in [-0.4, -0.2) is 81.4 Å². The minimum absolute atomic E-state index is 0.0501. The van der Waals surface area contributed by atoms with Crippen molar-refractivity contribution in [2.45, 2.75) is 44.6 Å². The first-order chi connectivity index (χ1) is 18.3. The van der Waals surface area contributed by atoms with Crippen LogP contribution in [0.3, 0.4) is 0 Å². The summed E-state index contributed by atoms with van der Waals surface area (Å²) in [6.07, 6.45) is -0.457. The monoisotopic (exact) mass is 532 g/mol. The summed E-state index contributed by atoms with van der Waals surface area (Å²) in [5.74, 6) is -1.25. The van der Waals surface area contributed by atoms with E-state index in [0.29, 0.717) is 5.75 Å². The van der Waals surface area contributed by atoms with Crippen LogP contribution in [0.4, 0.5) is 0 Å². The van der Waals surface area contributed by atoms with E-state index in [-0.39, 0.29) is 36.8 Å². The highest BCUT2D eigenvalue weighted by Gasteiger charge is 2.36. The Hall–Kier alpha value is -3.90. The molecule has 0 spiro atoms. The Bertz CT molecular complexity index is 1080. The third-order valence-corrected chi connectivity index (χ3v) is 5.64. The predicted octanol–water partition coefficient (Wildman–Crippen LogP) is 1.90. The summed E-state index contributed by atoms with van der Waals surface area (Å²) < 4.78 is 38.6. The molecule has 12 heteroatoms. The minimum atomic E-state index is -1.06. The summed E-state index contributed by atoms with van der Waals surface area (Å²) in [6, 6.07) is 9.50. The molecule has 1 aromatic carbocycles. The zero-order valence-corrected chi connectivity index (χ0v) is 21.7. The molecule has 3 rings (SSSR count). The lowest BCUT2D eigenvalue weighted by atomic mass is 10.1. The lowest BCUT2D eigenvalue weighted by Crippen LogP contribution is -2.50. The van der Waals surface area contributed by atoms with E-state index >= 15 is 0 Å². The second-order valence-corrected chi connectivity index (χ2v) is 8.29. The zero-order chi connectivity index (χ0) is 27.5. The molecule has 1 aliphatic heterocycles. The molecule has 38 heavy (non-hydrogen) atoms. The van der Waals surface area contributed by atoms with Crippen LogP contribution in [0.1, 0.15) is 30.8 Å². The third-order valence-electron chi connectivity index (χ3n) is 5.64. The van der Waals surface area contributed by atoms with Crippen molar-refractivity contribution in [2.75, 3.05) is 34.2 Å². The molecule has 2 aromatic rings. The average Bonchev–Trinajstić information content (AvgIpc) is 2.91. The molecule has 0 bridgehead atoms. The number of nitrogens with zero attached hydrogens (tertiary/aromatic N) is 1. The highest BCUT2D eigenvalue weighted by atomic mass is 16.7. The van der Waals surface area contributed by atoms with E-state index in [2.05, 4.69) is 10.3 Å². The first kappa shape index (κ1) is 28.7. The number of amides is 1. The first-order valence-corrected chi connectivity index (χ1v) is 12.0. The van der Waals surface area contributed by atoms with E-state index in [1.54, 1.807) is 19.1 Å². The van der Waals surface area contributed by atoms with Crippen molar-refractivity contribution in [3.8, 4) is 17.2 Å². The first-order valence-electron chi connectivity index (χ1n) is 12.0. The average molecular weight is 533 g/mol. The Morgan fingerprint density at radius 3 is 2.61 bits per heavy atom. The second kappa shape index (κ2) is 14.1. The molecule has 1 amide bonds. The van der Waals surface area contributed by atoms with E-state index in [4.69, 9.17) is 33.2 Å². The Morgan fingerprint density at radius 2 is 1.92 bits per heavy atom. The largest absolute Gasteiger partial charge is 0.493 e. The van der Waals surface area contributed by atoms with E-state index in [1.165, 1.54) is 33.4 Å². The number of carbonyl (C=O) groups excluding carboxylic acids is 3. The number of esters is 2. The van der Waals surface area contributed by atoms with E-state index < -0.39 is 49.0 Å². The molecule has 1 saturated heterocycles. The summed E-state index contributed by atoms with van der Waals surface area (Å²) in [5.41, 5.74) is -0.167. The standard InChI is InChI=1S/C26H32N2O10/c1-16-23(38-18-8-6-5-7-9-18)21(33-4)14-34-13-11-19(26(31)37-16)28-25(30)22-24(36-15-35-17(2)29)20(32-3)10-12-27-22/h5-10,12,16,19,21,23H,11,13-15H2,1-4H3,(H,28,30)/t16-,19-,21-,23-/m0/s1. The van der Waals surface area contributed by atoms with Crippen molar-refractivity contribution in [3.05, 3.63) is 48.3 Å². The molecule has 12 nitrogen and oxygen atoms in total. The van der Waals surface area contributed by atoms with Crippen LogP contribution < -0.4 is 19.5 Å². The van der Waals surface area contributed by atoms with Gasteiger partial charge in [-0.25, -0.2) is 9.78 Å². The molecule has 0 radical (unpaired) electrons. The molecule has 206 valence electrons. The molecule has 2 heterocycles. The van der Waals surface area contributed by atoms with Gasteiger partial charge in [0.15, 0.2) is 23.3 Å². The number of ether oxygens (including phenoxy) is 7. The molecule has 0 saturated carbocycles. The van der Waals surface area contributed by atoms with Crippen molar-refractivity contribution in [2.24, 2.45) is 0 Å². The fourth-order valence-corrected chi connectivity index (χ4v) is 3.70. The van der Waals surface area contributed by atoms with E-state index in [9.17, 15) is 14.4 Å². The molecule has 1 N–H and O–H groups in total. The molecule has 0 aliphatic carbocycles. The number of rotatable bonds is 9. The normalized spacial score (nSPS) is 21.9. The van der Waals surface area contributed by atoms with Gasteiger partial charge < -0.3 is 38.5 Å². The number of benzene rings is 1. The number of aromatic nitrogens is 1. The van der Waals surface area contributed by atoms with Gasteiger partial charge in [-0.15, -0.1) is 0 Å². The van der Waals surface area contributed by atoms with Crippen molar-refractivity contribution >= 4 is 17.8 Å². The third kappa shape index (κ3) is 7.80. The molecular weight excluding hydrogens is 500 g/mol. The van der Waals surface area contributed by atoms with Crippen LogP contribution >= 0.6 is 0 Å². The van der Waals surface area contributed by atoms with Gasteiger partial charge >= 0.3 is 11.9 Å². The molecule has 4 atom stereocenters. The van der Waals surface area contributed by atoms with Gasteiger partial charge in [-0.2, -0.15) is 0 Å². The van der Waals surface area contributed by atoms with Crippen LogP contribution in [0.15, 0.2) is 42.6 Å². The van der Waals surface area contributed by atoms with Crippen LogP contribution in [0, 0.1) is 0 Å². The summed E-state index contributed by atoms with van der Waals surface area (Å²) in [7, 11) is 2.91. The maximum absolute atomic E-state index is 13.2. The number of pyridine rings is 1. The minimum Gasteiger partial charge on any atom is -0.493 e. The highest BCUT2D eigenvalue weighted by Crippen LogP contribution is 2.30. The number of hydrogen-bond acceptors (Lipinski definition) is 11. The van der Waals surface area contributed by atoms with Crippen molar-refractivity contribution in [3.63, 3.8) is 0 Å². The highest BCUT2D eigenvalue weighted by molar-refractivity contribution is 5.98. The van der Waals surface area contributed by atoms with E-state index in [0.717, 1.165) is 0 Å². The number of hydrogen-bond donors (Lipinski definition) is 1. The maximum Gasteiger partial charge on any atom is 0.329 e. The quantitative estimate of drug-likeness (QED) is 0.374. The fraction of sp³-hybridized carbons (Fsp3) is 0.462. The summed E-state index contributed by atoms with van der Waals surface area (Å²) in [4.78, 5) is 41.5. The number of carbonyl (C=O) groups is 3. The van der Waals surface area contributed by atoms with Crippen LogP contribution in [-0.2, 0) is 28.5 Å². The van der Waals surface area contributed by atoms with Gasteiger partial charge in [0.05, 0.1) is 13.7 Å². The van der Waals surface area contributed by atoms with Gasteiger partial charge in [0.1, 0.15) is 24.0 Å². The van der Waals surface area contributed by atoms with Gasteiger partial charge in [0.2, 0.25) is 6.79 Å². The molecule has 1 aromatic heterocycles. The number of methoxy groups -OCH3 is 2. The summed E-state index contributed by atoms with van der Waals surface area (Å²) in [6.45, 7) is 2.76. The molecule has 1 aliphatic rings. The smallest absolute Gasteiger partial charge is 0.329 e. The zero-order valence-electron chi connectivity index (χ0n) is 21.7. The van der Waals surface area contributed by atoms with Crippen LogP contribution in [0.2, 0.25) is 0 Å². The predicted molar refractivity (Wildman–Crippen MR) is 132 cm³/mol. The lowest BCUT2D eigenvalue weighted by Gasteiger charge is -2.33. The van der Waals surface area contributed by atoms with Gasteiger partial charge in [0, 0.05) is 39.3 Å². The van der Waals surface area contributed by atoms with Crippen molar-refractivity contribution in [1.82, 2.24) is 10.3 Å². The fourth-order valence-electron chi connectivity index (χ4n) is 3.70. The maximum atomic E-state index is 13.2. The number of para-hydroxylation sites is 1. The Morgan fingerprint density at radius 1 is 1.16 bits per heavy atom. The number of cyclic esters (lactones) is 1. The van der Waals surface area contributed by atoms with Crippen LogP contribution in [0.25, 0.3) is 0 Å². The van der Waals surface area contributed by atoms with Crippen molar-refractivity contribution < 1.29 is 47.5 Å². The van der Waals surface area contributed by atoms with Gasteiger partial charge in [-0.05, 0) is 19.1 Å². The summed E-state index contributed by atoms with van der Waals surface area (Å²) >= 11 is 0. The molecule has 1 fully saturated rings. The Labute approximate surface area is 220 Å². The van der Waals surface area contributed by atoms with E-state index in [1.807, 2.05) is 18.2 Å². The summed E-state index contributed by atoms with van der Waals surface area (Å²) in [5, 5.41) is 2.63. The van der Waals surface area contributed by atoms with Crippen molar-refractivity contribution in [1.29, 1.82) is 0 Å². The van der Waals surface area contributed by atoms with Crippen LogP contribution in [0.5, 0.6) is 17.2 Å². The second-order valence-electron chi connectivity index (χ2n) is 8.29. The Balaban J connectivity index is 1.76. The SMILES string of the molecule is COc1ccnc(C(=O)N[C@H]2CCOC[C@H](OC)[C@@H](Oc3ccccc3)[C@H](C)OC2=O)c1OCOC(C)=O. The van der Waals surface area contributed by atoms with Gasteiger partial charge in [0.25, 0.3) is 5.91 Å². The Kier molecular flexibility index (Phi) is 10.7. The number of nitrogens with one attached hydrogen (secondary N) is 1. The molecule has 0 unspecified atom stereocenters. The lowest BCUT2D eigenvalue weighted by molar-refractivity contribution is -0.165. The van der Waals surface area contributed by atoms with Gasteiger partial charge in [-0.3, -0.25) is 9.59 Å².